The summed E-state index contributed by atoms with van der Waals surface area (Å²) in [6.07, 6.45) is 75.4. The Bertz CT molecular complexity index is 1250. The first kappa shape index (κ1) is 69.4. The predicted octanol–water partition coefficient (Wildman–Crippen LogP) is 21.4. The second-order valence-electron chi connectivity index (χ2n) is 21.3. The van der Waals surface area contributed by atoms with Crippen molar-refractivity contribution in [1.29, 1.82) is 0 Å². The van der Waals surface area contributed by atoms with Crippen molar-refractivity contribution in [2.45, 2.75) is 341 Å². The van der Waals surface area contributed by atoms with Crippen LogP contribution < -0.4 is 0 Å². The van der Waals surface area contributed by atoms with Crippen molar-refractivity contribution in [3.8, 4) is 0 Å². The molecular weight excluding hydrogens is 889 g/mol. The van der Waals surface area contributed by atoms with Gasteiger partial charge in [-0.2, -0.15) is 0 Å². The highest BCUT2D eigenvalue weighted by Gasteiger charge is 2.19. The third kappa shape index (κ3) is 58.3. The molecule has 0 saturated carbocycles. The lowest BCUT2D eigenvalue weighted by atomic mass is 10.0. The number of rotatable bonds is 58. The van der Waals surface area contributed by atoms with Gasteiger partial charge in [-0.3, -0.25) is 14.4 Å². The smallest absolute Gasteiger partial charge is 0.306 e. The standard InChI is InChI=1S/C66H120O6/c1-4-7-10-13-16-19-22-25-28-30-31-32-33-34-35-37-38-41-44-47-50-53-56-59-65(68)71-62-63(61-70-64(67)58-55-52-49-46-43-40-27-24-21-18-15-12-9-6-3)72-66(69)60-57-54-51-48-45-42-39-36-29-26-23-20-17-14-11-8-5-2/h8,11,17,20,26,29-31,63H,4-7,9-10,12-16,18-19,21-25,27-28,32-62H2,1-3H3/b11-8-,20-17-,29-26-,31-30-. The monoisotopic (exact) mass is 1010 g/mol. The fraction of sp³-hybridized carbons (Fsp3) is 0.833. The van der Waals surface area contributed by atoms with Crippen molar-refractivity contribution in [2.24, 2.45) is 0 Å². The Morgan fingerprint density at radius 3 is 0.861 bits per heavy atom. The number of carbonyl (C=O) groups excluding carboxylic acids is 3. The molecule has 420 valence electrons. The van der Waals surface area contributed by atoms with Gasteiger partial charge >= 0.3 is 17.9 Å². The summed E-state index contributed by atoms with van der Waals surface area (Å²) in [5.74, 6) is -0.864. The molecule has 1 unspecified atom stereocenters. The molecule has 0 saturated heterocycles. The predicted molar refractivity (Wildman–Crippen MR) is 312 cm³/mol. The zero-order valence-corrected chi connectivity index (χ0v) is 48.2. The number of esters is 3. The van der Waals surface area contributed by atoms with Gasteiger partial charge in [0.1, 0.15) is 13.2 Å². The molecular formula is C66H120O6. The van der Waals surface area contributed by atoms with E-state index in [0.29, 0.717) is 19.3 Å². The van der Waals surface area contributed by atoms with E-state index in [0.717, 1.165) is 83.5 Å². The molecule has 0 heterocycles. The largest absolute Gasteiger partial charge is 0.462 e. The molecule has 1 atom stereocenters. The molecule has 0 aliphatic carbocycles. The molecule has 0 aromatic rings. The van der Waals surface area contributed by atoms with Crippen LogP contribution in [0.5, 0.6) is 0 Å². The van der Waals surface area contributed by atoms with Crippen LogP contribution in [0.3, 0.4) is 0 Å². The zero-order valence-electron chi connectivity index (χ0n) is 48.2. The molecule has 0 aromatic carbocycles. The van der Waals surface area contributed by atoms with Gasteiger partial charge in [-0.05, 0) is 77.0 Å². The summed E-state index contributed by atoms with van der Waals surface area (Å²) in [6.45, 7) is 6.57. The maximum atomic E-state index is 12.9. The van der Waals surface area contributed by atoms with Gasteiger partial charge < -0.3 is 14.2 Å². The Morgan fingerprint density at radius 2 is 0.542 bits per heavy atom. The molecule has 0 spiro atoms. The topological polar surface area (TPSA) is 78.9 Å². The van der Waals surface area contributed by atoms with E-state index >= 15 is 0 Å². The van der Waals surface area contributed by atoms with Crippen LogP contribution in [0.1, 0.15) is 335 Å². The van der Waals surface area contributed by atoms with Crippen LogP contribution in [0.2, 0.25) is 0 Å². The second-order valence-corrected chi connectivity index (χ2v) is 21.3. The number of hydrogen-bond donors (Lipinski definition) is 0. The molecule has 0 fully saturated rings. The van der Waals surface area contributed by atoms with E-state index in [1.54, 1.807) is 0 Å². The van der Waals surface area contributed by atoms with Gasteiger partial charge in [0.15, 0.2) is 6.10 Å². The molecule has 6 nitrogen and oxygen atoms in total. The zero-order chi connectivity index (χ0) is 52.2. The first-order valence-corrected chi connectivity index (χ1v) is 31.6. The molecule has 0 aliphatic heterocycles. The number of allylic oxidation sites excluding steroid dienone is 8. The summed E-state index contributed by atoms with van der Waals surface area (Å²) in [7, 11) is 0. The van der Waals surface area contributed by atoms with E-state index in [2.05, 4.69) is 69.4 Å². The van der Waals surface area contributed by atoms with E-state index in [9.17, 15) is 14.4 Å². The van der Waals surface area contributed by atoms with Gasteiger partial charge in [-0.15, -0.1) is 0 Å². The second kappa shape index (κ2) is 60.9. The van der Waals surface area contributed by atoms with Gasteiger partial charge in [0, 0.05) is 19.3 Å². The summed E-state index contributed by atoms with van der Waals surface area (Å²) in [6, 6.07) is 0. The Hall–Kier alpha value is -2.63. The van der Waals surface area contributed by atoms with Gasteiger partial charge in [0.25, 0.3) is 0 Å². The third-order valence-corrected chi connectivity index (χ3v) is 14.1. The highest BCUT2D eigenvalue weighted by atomic mass is 16.6. The number of carbonyl (C=O) groups is 3. The van der Waals surface area contributed by atoms with Gasteiger partial charge in [-0.1, -0.05) is 288 Å². The summed E-state index contributed by atoms with van der Waals surface area (Å²) in [5.41, 5.74) is 0. The molecule has 0 N–H and O–H groups in total. The summed E-state index contributed by atoms with van der Waals surface area (Å²) >= 11 is 0. The fourth-order valence-electron chi connectivity index (χ4n) is 9.34. The van der Waals surface area contributed by atoms with E-state index in [1.165, 1.54) is 212 Å². The van der Waals surface area contributed by atoms with Crippen LogP contribution in [0.25, 0.3) is 0 Å². The molecule has 0 aliphatic rings. The Balaban J connectivity index is 4.30. The Labute approximate surface area is 448 Å². The fourth-order valence-corrected chi connectivity index (χ4v) is 9.34. The highest BCUT2D eigenvalue weighted by Crippen LogP contribution is 2.17. The summed E-state index contributed by atoms with van der Waals surface area (Å²) in [4.78, 5) is 38.3. The van der Waals surface area contributed by atoms with Crippen LogP contribution in [-0.4, -0.2) is 37.2 Å². The van der Waals surface area contributed by atoms with Crippen molar-refractivity contribution >= 4 is 17.9 Å². The van der Waals surface area contributed by atoms with Crippen LogP contribution in [-0.2, 0) is 28.6 Å². The lowest BCUT2D eigenvalue weighted by molar-refractivity contribution is -0.167. The molecule has 0 amide bonds. The van der Waals surface area contributed by atoms with Crippen LogP contribution >= 0.6 is 0 Å². The third-order valence-electron chi connectivity index (χ3n) is 14.1. The van der Waals surface area contributed by atoms with Crippen molar-refractivity contribution in [3.63, 3.8) is 0 Å². The number of hydrogen-bond acceptors (Lipinski definition) is 6. The number of unbranched alkanes of at least 4 members (excludes halogenated alkanes) is 39. The molecule has 0 radical (unpaired) electrons. The normalized spacial score (nSPS) is 12.3. The average molecular weight is 1010 g/mol. The summed E-state index contributed by atoms with van der Waals surface area (Å²) < 4.78 is 16.9. The molecule has 6 heteroatoms. The molecule has 0 bridgehead atoms. The quantitative estimate of drug-likeness (QED) is 0.0261. The minimum atomic E-state index is -0.777. The van der Waals surface area contributed by atoms with E-state index in [-0.39, 0.29) is 31.1 Å². The first-order chi connectivity index (χ1) is 35.5. The Kier molecular flexibility index (Phi) is 58.7. The maximum Gasteiger partial charge on any atom is 0.306 e. The van der Waals surface area contributed by atoms with Gasteiger partial charge in [-0.25, -0.2) is 0 Å². The number of ether oxygens (including phenoxy) is 3. The summed E-state index contributed by atoms with van der Waals surface area (Å²) in [5, 5.41) is 0. The minimum absolute atomic E-state index is 0.0736. The van der Waals surface area contributed by atoms with Crippen molar-refractivity contribution in [2.75, 3.05) is 13.2 Å². The lowest BCUT2D eigenvalue weighted by Crippen LogP contribution is -2.30. The average Bonchev–Trinajstić information content (AvgIpc) is 3.38. The van der Waals surface area contributed by atoms with Crippen LogP contribution in [0, 0.1) is 0 Å². The first-order valence-electron chi connectivity index (χ1n) is 31.6. The Morgan fingerprint density at radius 1 is 0.292 bits per heavy atom. The van der Waals surface area contributed by atoms with E-state index in [4.69, 9.17) is 14.2 Å². The maximum absolute atomic E-state index is 12.9. The van der Waals surface area contributed by atoms with Crippen LogP contribution in [0.4, 0.5) is 0 Å². The van der Waals surface area contributed by atoms with E-state index < -0.39 is 6.10 Å². The molecule has 0 rings (SSSR count). The van der Waals surface area contributed by atoms with Gasteiger partial charge in [0.2, 0.25) is 0 Å². The molecule has 0 aromatic heterocycles. The molecule has 72 heavy (non-hydrogen) atoms. The SMILES string of the molecule is CC/C=C\C/C=C\C/C=C\CCCCCCCCCC(=O)OC(COC(=O)CCCCCCCCCCCCC/C=C\CCCCCCCCCC)COC(=O)CCCCCCCCCCCCCCCC. The van der Waals surface area contributed by atoms with Crippen LogP contribution in [0.15, 0.2) is 48.6 Å². The minimum Gasteiger partial charge on any atom is -0.462 e. The van der Waals surface area contributed by atoms with Crippen molar-refractivity contribution in [3.05, 3.63) is 48.6 Å². The van der Waals surface area contributed by atoms with Crippen molar-refractivity contribution in [1.82, 2.24) is 0 Å². The van der Waals surface area contributed by atoms with Gasteiger partial charge in [0.05, 0.1) is 0 Å². The van der Waals surface area contributed by atoms with Crippen molar-refractivity contribution < 1.29 is 28.6 Å². The lowest BCUT2D eigenvalue weighted by Gasteiger charge is -2.18. The van der Waals surface area contributed by atoms with E-state index in [1.807, 2.05) is 0 Å². The highest BCUT2D eigenvalue weighted by molar-refractivity contribution is 5.71.